The molecule has 1 fully saturated rings. The lowest BCUT2D eigenvalue weighted by atomic mass is 9.78. The maximum Gasteiger partial charge on any atom is 0.242 e. The average Bonchev–Trinajstić information content (AvgIpc) is 3.54. The number of H-pyrrole nitrogens is 1. The molecule has 9 heteroatoms. The largest absolute Gasteiger partial charge is 0.380 e. The van der Waals surface area contributed by atoms with E-state index in [4.69, 9.17) is 21.3 Å². The summed E-state index contributed by atoms with van der Waals surface area (Å²) >= 11 is 6.33. The molecule has 2 heterocycles. The molecule has 3 atom stereocenters. The molecule has 1 aliphatic heterocycles. The van der Waals surface area contributed by atoms with Crippen molar-refractivity contribution in [1.29, 1.82) is 0 Å². The van der Waals surface area contributed by atoms with Crippen LogP contribution in [0.2, 0.25) is 5.02 Å². The van der Waals surface area contributed by atoms with Crippen LogP contribution >= 0.6 is 11.6 Å². The molecule has 1 aliphatic rings. The summed E-state index contributed by atoms with van der Waals surface area (Å²) in [5.74, 6) is 0.0245. The Balaban J connectivity index is 1.63. The number of nitrogens with one attached hydrogen (secondary N) is 3. The first-order valence-electron chi connectivity index (χ1n) is 13.7. The van der Waals surface area contributed by atoms with E-state index in [1.54, 1.807) is 6.07 Å². The lowest BCUT2D eigenvalue weighted by molar-refractivity contribution is -0.133. The number of amides is 2. The first-order valence-corrected chi connectivity index (χ1v) is 14.0. The highest BCUT2D eigenvalue weighted by molar-refractivity contribution is 6.31. The van der Waals surface area contributed by atoms with Crippen LogP contribution in [0, 0.1) is 17.7 Å². The van der Waals surface area contributed by atoms with E-state index in [2.05, 4.69) is 29.5 Å². The summed E-state index contributed by atoms with van der Waals surface area (Å²) in [5, 5.41) is 5.97. The maximum atomic E-state index is 14.2. The van der Waals surface area contributed by atoms with Crippen molar-refractivity contribution in [3.8, 4) is 0 Å². The molecule has 210 valence electrons. The Hall–Kier alpha value is -2.97. The van der Waals surface area contributed by atoms with Crippen LogP contribution in [0.1, 0.15) is 63.9 Å². The number of nitrogens with zero attached hydrogens (tertiary/aromatic N) is 1. The summed E-state index contributed by atoms with van der Waals surface area (Å²) in [5.41, 5.74) is 2.25. The van der Waals surface area contributed by atoms with Gasteiger partial charge in [-0.15, -0.1) is 0 Å². The van der Waals surface area contributed by atoms with E-state index in [1.165, 1.54) is 6.07 Å². The Bertz CT molecular complexity index is 1330. The average molecular weight is 557 g/mol. The number of hydrogen-bond acceptors (Lipinski definition) is 4. The minimum Gasteiger partial charge on any atom is -0.380 e. The van der Waals surface area contributed by atoms with Crippen molar-refractivity contribution in [2.45, 2.75) is 64.8 Å². The number of imidazole rings is 1. The standard InChI is InChI=1S/C30H38ClFN4O3/c1-6-33-28(37)27(18(4)5)36-29(38)30(12-13-39-16-30)19-10-11-23-24(14-19)35-25(34-23)15-21(17(2)3)20-8-7-9-22(32)26(20)31/h7-11,14,17-18,21,27H,6,12-13,15-16H2,1-5H3,(H,33,37)(H,34,35)(H,36,38)/t21-,27-,30?/m1/s1. The minimum absolute atomic E-state index is 0.0316. The van der Waals surface area contributed by atoms with E-state index in [-0.39, 0.29) is 41.2 Å². The topological polar surface area (TPSA) is 96.1 Å². The van der Waals surface area contributed by atoms with Crippen molar-refractivity contribution in [3.05, 3.63) is 64.2 Å². The molecule has 3 N–H and O–H groups in total. The Morgan fingerprint density at radius 2 is 1.95 bits per heavy atom. The van der Waals surface area contributed by atoms with Gasteiger partial charge in [-0.05, 0) is 60.4 Å². The molecule has 0 radical (unpaired) electrons. The zero-order chi connectivity index (χ0) is 28.3. The smallest absolute Gasteiger partial charge is 0.242 e. The minimum atomic E-state index is -0.908. The molecule has 0 aliphatic carbocycles. The Morgan fingerprint density at radius 1 is 1.18 bits per heavy atom. The Kier molecular flexibility index (Phi) is 8.96. The first-order chi connectivity index (χ1) is 18.6. The molecule has 0 saturated carbocycles. The van der Waals surface area contributed by atoms with Crippen LogP contribution in [0.25, 0.3) is 11.0 Å². The predicted molar refractivity (Wildman–Crippen MR) is 151 cm³/mol. The summed E-state index contributed by atoms with van der Waals surface area (Å²) in [7, 11) is 0. The summed E-state index contributed by atoms with van der Waals surface area (Å²) in [6, 6.07) is 10.0. The monoisotopic (exact) mass is 556 g/mol. The van der Waals surface area contributed by atoms with Crippen molar-refractivity contribution in [2.75, 3.05) is 19.8 Å². The maximum absolute atomic E-state index is 14.2. The zero-order valence-electron chi connectivity index (χ0n) is 23.2. The van der Waals surface area contributed by atoms with Crippen molar-refractivity contribution in [3.63, 3.8) is 0 Å². The number of ether oxygens (including phenoxy) is 1. The van der Waals surface area contributed by atoms with Crippen molar-refractivity contribution >= 4 is 34.4 Å². The number of aromatic amines is 1. The van der Waals surface area contributed by atoms with Crippen LogP contribution in [-0.4, -0.2) is 47.6 Å². The van der Waals surface area contributed by atoms with Gasteiger partial charge < -0.3 is 20.4 Å². The number of likely N-dealkylation sites (N-methyl/N-ethyl adjacent to an activating group) is 1. The van der Waals surface area contributed by atoms with Gasteiger partial charge in [0.05, 0.1) is 28.1 Å². The summed E-state index contributed by atoms with van der Waals surface area (Å²) in [4.78, 5) is 34.6. The Morgan fingerprint density at radius 3 is 2.59 bits per heavy atom. The SMILES string of the molecule is CCNC(=O)[C@H](NC(=O)C1(c2ccc3nc(C[C@@H](c4cccc(F)c4Cl)C(C)C)[nH]c3c2)CCOC1)C(C)C. The number of rotatable bonds is 10. The fourth-order valence-electron chi connectivity index (χ4n) is 5.38. The van der Waals surface area contributed by atoms with Crippen LogP contribution in [-0.2, 0) is 26.2 Å². The van der Waals surface area contributed by atoms with Crippen molar-refractivity contribution in [2.24, 2.45) is 11.8 Å². The van der Waals surface area contributed by atoms with Crippen LogP contribution in [0.5, 0.6) is 0 Å². The second kappa shape index (κ2) is 12.0. The molecular formula is C30H38ClFN4O3. The van der Waals surface area contributed by atoms with Crippen LogP contribution in [0.3, 0.4) is 0 Å². The number of aromatic nitrogens is 2. The molecular weight excluding hydrogens is 519 g/mol. The molecule has 1 saturated heterocycles. The van der Waals surface area contributed by atoms with E-state index in [0.29, 0.717) is 26.0 Å². The molecule has 7 nitrogen and oxygen atoms in total. The van der Waals surface area contributed by atoms with E-state index >= 15 is 0 Å². The number of carbonyl (C=O) groups is 2. The Labute approximate surface area is 234 Å². The number of fused-ring (bicyclic) bond motifs is 1. The summed E-state index contributed by atoms with van der Waals surface area (Å²) in [6.45, 7) is 11.0. The lowest BCUT2D eigenvalue weighted by Crippen LogP contribution is -2.55. The predicted octanol–water partition coefficient (Wildman–Crippen LogP) is 5.27. The molecule has 0 spiro atoms. The molecule has 0 bridgehead atoms. The highest BCUT2D eigenvalue weighted by Gasteiger charge is 2.45. The second-order valence-corrected chi connectivity index (χ2v) is 11.5. The van der Waals surface area contributed by atoms with Gasteiger partial charge in [-0.2, -0.15) is 0 Å². The second-order valence-electron chi connectivity index (χ2n) is 11.1. The van der Waals surface area contributed by atoms with Gasteiger partial charge in [0.25, 0.3) is 0 Å². The molecule has 2 aromatic carbocycles. The lowest BCUT2D eigenvalue weighted by Gasteiger charge is -2.30. The molecule has 1 unspecified atom stereocenters. The first kappa shape index (κ1) is 29.0. The van der Waals surface area contributed by atoms with Gasteiger partial charge >= 0.3 is 0 Å². The van der Waals surface area contributed by atoms with Gasteiger partial charge in [0.15, 0.2) is 0 Å². The van der Waals surface area contributed by atoms with Crippen molar-refractivity contribution < 1.29 is 18.7 Å². The van der Waals surface area contributed by atoms with Crippen LogP contribution < -0.4 is 10.6 Å². The normalized spacial score (nSPS) is 19.0. The van der Waals surface area contributed by atoms with Crippen molar-refractivity contribution in [1.82, 2.24) is 20.6 Å². The van der Waals surface area contributed by atoms with Gasteiger partial charge in [0, 0.05) is 19.6 Å². The van der Waals surface area contributed by atoms with Crippen LogP contribution in [0.15, 0.2) is 36.4 Å². The highest BCUT2D eigenvalue weighted by Crippen LogP contribution is 2.37. The third kappa shape index (κ3) is 5.97. The summed E-state index contributed by atoms with van der Waals surface area (Å²) < 4.78 is 19.9. The number of hydrogen-bond donors (Lipinski definition) is 3. The van der Waals surface area contributed by atoms with Gasteiger partial charge in [0.1, 0.15) is 17.7 Å². The fraction of sp³-hybridized carbons (Fsp3) is 0.500. The molecule has 4 rings (SSSR count). The number of halogens is 2. The van der Waals surface area contributed by atoms with E-state index in [0.717, 1.165) is 28.0 Å². The fourth-order valence-corrected chi connectivity index (χ4v) is 5.64. The zero-order valence-corrected chi connectivity index (χ0v) is 24.0. The van der Waals surface area contributed by atoms with Gasteiger partial charge in [-0.25, -0.2) is 9.37 Å². The van der Waals surface area contributed by atoms with Gasteiger partial charge in [0.2, 0.25) is 11.8 Å². The molecule has 39 heavy (non-hydrogen) atoms. The molecule has 2 amide bonds. The quantitative estimate of drug-likeness (QED) is 0.317. The molecule has 1 aromatic heterocycles. The van der Waals surface area contributed by atoms with E-state index in [1.807, 2.05) is 45.0 Å². The van der Waals surface area contributed by atoms with Gasteiger partial charge in [-0.3, -0.25) is 9.59 Å². The summed E-state index contributed by atoms with van der Waals surface area (Å²) in [6.07, 6.45) is 1.07. The number of benzene rings is 2. The third-order valence-electron chi connectivity index (χ3n) is 7.73. The van der Waals surface area contributed by atoms with E-state index in [9.17, 15) is 14.0 Å². The third-order valence-corrected chi connectivity index (χ3v) is 8.12. The molecule has 3 aromatic rings. The highest BCUT2D eigenvalue weighted by atomic mass is 35.5. The van der Waals surface area contributed by atoms with Crippen LogP contribution in [0.4, 0.5) is 4.39 Å². The van der Waals surface area contributed by atoms with E-state index < -0.39 is 17.3 Å². The van der Waals surface area contributed by atoms with Gasteiger partial charge in [-0.1, -0.05) is 57.5 Å². The number of carbonyl (C=O) groups excluding carboxylic acids is 2.